The van der Waals surface area contributed by atoms with Crippen LogP contribution in [0, 0.1) is 11.8 Å². The Kier molecular flexibility index (Phi) is 9.26. The SMILES string of the molecule is CCCCC(CN)NS(=O)(=O)N1CC(C)CC(C)C1.Cl. The molecule has 7 heteroatoms. The molecular formula is C13H30ClN3O2S. The average Bonchev–Trinajstić information content (AvgIpc) is 2.33. The molecule has 0 aromatic rings. The van der Waals surface area contributed by atoms with Crippen LogP contribution in [0.15, 0.2) is 0 Å². The molecule has 1 heterocycles. The van der Waals surface area contributed by atoms with Gasteiger partial charge in [0.05, 0.1) is 0 Å². The minimum Gasteiger partial charge on any atom is -0.329 e. The lowest BCUT2D eigenvalue weighted by atomic mass is 9.94. The van der Waals surface area contributed by atoms with Crippen molar-refractivity contribution in [3.63, 3.8) is 0 Å². The number of halogens is 1. The molecule has 0 aromatic carbocycles. The lowest BCUT2D eigenvalue weighted by Gasteiger charge is -2.35. The lowest BCUT2D eigenvalue weighted by Crippen LogP contribution is -2.51. The minimum absolute atomic E-state index is 0. The third-order valence-electron chi connectivity index (χ3n) is 3.68. The van der Waals surface area contributed by atoms with Gasteiger partial charge >= 0.3 is 0 Å². The van der Waals surface area contributed by atoms with Crippen LogP contribution in [0.25, 0.3) is 0 Å². The third kappa shape index (κ3) is 6.26. The highest BCUT2D eigenvalue weighted by atomic mass is 35.5. The predicted molar refractivity (Wildman–Crippen MR) is 86.2 cm³/mol. The number of nitrogens with two attached hydrogens (primary N) is 1. The van der Waals surface area contributed by atoms with E-state index in [2.05, 4.69) is 25.5 Å². The van der Waals surface area contributed by atoms with E-state index < -0.39 is 10.2 Å². The largest absolute Gasteiger partial charge is 0.329 e. The molecule has 0 saturated carbocycles. The smallest absolute Gasteiger partial charge is 0.279 e. The summed E-state index contributed by atoms with van der Waals surface area (Å²) in [6, 6.07) is -0.141. The van der Waals surface area contributed by atoms with Crippen molar-refractivity contribution < 1.29 is 8.42 Å². The molecule has 1 aliphatic rings. The zero-order chi connectivity index (χ0) is 14.5. The molecule has 0 spiro atoms. The van der Waals surface area contributed by atoms with Crippen LogP contribution >= 0.6 is 12.4 Å². The van der Waals surface area contributed by atoms with Crippen LogP contribution in [0.5, 0.6) is 0 Å². The molecule has 1 saturated heterocycles. The topological polar surface area (TPSA) is 75.4 Å². The standard InChI is InChI=1S/C13H29N3O2S.ClH/c1-4-5-6-13(8-14)15-19(17,18)16-9-11(2)7-12(3)10-16;/h11-13,15H,4-10,14H2,1-3H3;1H. The summed E-state index contributed by atoms with van der Waals surface area (Å²) in [5.41, 5.74) is 5.66. The molecule has 1 rings (SSSR count). The fourth-order valence-corrected chi connectivity index (χ4v) is 4.45. The Hall–Kier alpha value is 0.120. The van der Waals surface area contributed by atoms with Gasteiger partial charge in [0, 0.05) is 25.7 Å². The second-order valence-corrected chi connectivity index (χ2v) is 7.66. The summed E-state index contributed by atoms with van der Waals surface area (Å²) < 4.78 is 29.1. The second-order valence-electron chi connectivity index (χ2n) is 5.96. The normalized spacial score (nSPS) is 26.0. The van der Waals surface area contributed by atoms with Gasteiger partial charge in [-0.3, -0.25) is 0 Å². The van der Waals surface area contributed by atoms with E-state index in [0.717, 1.165) is 25.7 Å². The van der Waals surface area contributed by atoms with E-state index in [0.29, 0.717) is 31.5 Å². The first-order valence-corrected chi connectivity index (χ1v) is 8.80. The van der Waals surface area contributed by atoms with E-state index >= 15 is 0 Å². The lowest BCUT2D eigenvalue weighted by molar-refractivity contribution is 0.219. The number of hydrogen-bond acceptors (Lipinski definition) is 3. The van der Waals surface area contributed by atoms with Crippen molar-refractivity contribution in [2.75, 3.05) is 19.6 Å². The van der Waals surface area contributed by atoms with Gasteiger partial charge in [-0.05, 0) is 24.7 Å². The monoisotopic (exact) mass is 327 g/mol. The molecule has 3 unspecified atom stereocenters. The van der Waals surface area contributed by atoms with Gasteiger partial charge in [-0.1, -0.05) is 33.6 Å². The summed E-state index contributed by atoms with van der Waals surface area (Å²) >= 11 is 0. The van der Waals surface area contributed by atoms with Crippen molar-refractivity contribution in [3.05, 3.63) is 0 Å². The first kappa shape index (κ1) is 20.1. The maximum Gasteiger partial charge on any atom is 0.279 e. The van der Waals surface area contributed by atoms with Gasteiger partial charge in [-0.2, -0.15) is 17.4 Å². The van der Waals surface area contributed by atoms with Crippen LogP contribution < -0.4 is 10.5 Å². The highest BCUT2D eigenvalue weighted by Gasteiger charge is 2.31. The molecule has 5 nitrogen and oxygen atoms in total. The summed E-state index contributed by atoms with van der Waals surface area (Å²) in [6.45, 7) is 7.90. The molecule has 20 heavy (non-hydrogen) atoms. The summed E-state index contributed by atoms with van der Waals surface area (Å²) in [6.07, 6.45) is 3.96. The van der Waals surface area contributed by atoms with Crippen molar-refractivity contribution in [2.24, 2.45) is 17.6 Å². The quantitative estimate of drug-likeness (QED) is 0.748. The van der Waals surface area contributed by atoms with E-state index in [1.54, 1.807) is 4.31 Å². The Morgan fingerprint density at radius 3 is 2.30 bits per heavy atom. The van der Waals surface area contributed by atoms with Crippen molar-refractivity contribution >= 4 is 22.6 Å². The van der Waals surface area contributed by atoms with Crippen molar-refractivity contribution in [2.45, 2.75) is 52.5 Å². The fourth-order valence-electron chi connectivity index (χ4n) is 2.76. The predicted octanol–water partition coefficient (Wildman–Crippen LogP) is 1.74. The van der Waals surface area contributed by atoms with Gasteiger partial charge in [-0.25, -0.2) is 0 Å². The highest BCUT2D eigenvalue weighted by molar-refractivity contribution is 7.87. The van der Waals surface area contributed by atoms with E-state index in [4.69, 9.17) is 5.73 Å². The maximum atomic E-state index is 12.4. The maximum absolute atomic E-state index is 12.4. The number of nitrogens with one attached hydrogen (secondary N) is 1. The Morgan fingerprint density at radius 1 is 1.30 bits per heavy atom. The minimum atomic E-state index is -3.39. The molecule has 122 valence electrons. The van der Waals surface area contributed by atoms with Crippen LogP contribution in [-0.4, -0.2) is 38.4 Å². The summed E-state index contributed by atoms with van der Waals surface area (Å²) in [5.74, 6) is 0.847. The molecule has 1 fully saturated rings. The Balaban J connectivity index is 0.00000361. The molecule has 3 N–H and O–H groups in total. The van der Waals surface area contributed by atoms with Crippen LogP contribution in [0.2, 0.25) is 0 Å². The zero-order valence-corrected chi connectivity index (χ0v) is 14.5. The number of piperidine rings is 1. The molecule has 0 aromatic heterocycles. The highest BCUT2D eigenvalue weighted by Crippen LogP contribution is 2.22. The van der Waals surface area contributed by atoms with Crippen molar-refractivity contribution in [1.82, 2.24) is 9.03 Å². The van der Waals surface area contributed by atoms with E-state index in [-0.39, 0.29) is 18.4 Å². The summed E-state index contributed by atoms with van der Waals surface area (Å²) in [4.78, 5) is 0. The fraction of sp³-hybridized carbons (Fsp3) is 1.00. The van der Waals surface area contributed by atoms with Crippen molar-refractivity contribution in [3.8, 4) is 0 Å². The summed E-state index contributed by atoms with van der Waals surface area (Å²) in [5, 5.41) is 0. The molecule has 1 aliphatic heterocycles. The van der Waals surface area contributed by atoms with Crippen molar-refractivity contribution in [1.29, 1.82) is 0 Å². The van der Waals surface area contributed by atoms with Crippen LogP contribution in [0.1, 0.15) is 46.5 Å². The molecule has 0 amide bonds. The Bertz CT molecular complexity index is 355. The van der Waals surface area contributed by atoms with E-state index in [1.165, 1.54) is 0 Å². The molecule has 0 radical (unpaired) electrons. The first-order valence-electron chi connectivity index (χ1n) is 7.36. The van der Waals surface area contributed by atoms with Crippen LogP contribution in [-0.2, 0) is 10.2 Å². The Labute approximate surface area is 130 Å². The summed E-state index contributed by atoms with van der Waals surface area (Å²) in [7, 11) is -3.39. The Morgan fingerprint density at radius 2 is 1.85 bits per heavy atom. The van der Waals surface area contributed by atoms with Gasteiger partial charge in [-0.15, -0.1) is 12.4 Å². The number of hydrogen-bond donors (Lipinski definition) is 2. The molecule has 0 bridgehead atoms. The molecule has 3 atom stereocenters. The van der Waals surface area contributed by atoms with Gasteiger partial charge in [0.2, 0.25) is 0 Å². The van der Waals surface area contributed by atoms with Crippen LogP contribution in [0.4, 0.5) is 0 Å². The second kappa shape index (κ2) is 9.20. The van der Waals surface area contributed by atoms with E-state index in [9.17, 15) is 8.42 Å². The van der Waals surface area contributed by atoms with E-state index in [1.807, 2.05) is 0 Å². The first-order chi connectivity index (χ1) is 8.89. The third-order valence-corrected chi connectivity index (χ3v) is 5.29. The molecule has 0 aliphatic carbocycles. The number of rotatable bonds is 7. The number of unbranched alkanes of at least 4 members (excludes halogenated alkanes) is 1. The average molecular weight is 328 g/mol. The number of nitrogens with zero attached hydrogens (tertiary/aromatic N) is 1. The van der Waals surface area contributed by atoms with Gasteiger partial charge < -0.3 is 5.73 Å². The van der Waals surface area contributed by atoms with Crippen LogP contribution in [0.3, 0.4) is 0 Å². The van der Waals surface area contributed by atoms with Gasteiger partial charge in [0.25, 0.3) is 10.2 Å². The van der Waals surface area contributed by atoms with Gasteiger partial charge in [0.15, 0.2) is 0 Å². The zero-order valence-electron chi connectivity index (χ0n) is 12.8. The molecular weight excluding hydrogens is 298 g/mol. The van der Waals surface area contributed by atoms with Gasteiger partial charge in [0.1, 0.15) is 0 Å².